The predicted molar refractivity (Wildman–Crippen MR) is 137 cm³/mol. The number of carbonyl (C=O) groups excluding carboxylic acids is 1. The van der Waals surface area contributed by atoms with E-state index in [1.807, 2.05) is 65.6 Å². The van der Waals surface area contributed by atoms with Gasteiger partial charge in [0, 0.05) is 17.8 Å². The van der Waals surface area contributed by atoms with Gasteiger partial charge in [-0.25, -0.2) is 4.98 Å². The summed E-state index contributed by atoms with van der Waals surface area (Å²) in [5.74, 6) is 1.11. The lowest BCUT2D eigenvalue weighted by molar-refractivity contribution is 0.0971. The molecule has 0 aliphatic carbocycles. The Morgan fingerprint density at radius 1 is 0.971 bits per heavy atom. The van der Waals surface area contributed by atoms with Crippen LogP contribution in [0.25, 0.3) is 10.8 Å². The van der Waals surface area contributed by atoms with Crippen molar-refractivity contribution in [3.63, 3.8) is 0 Å². The fourth-order valence-electron chi connectivity index (χ4n) is 4.55. The molecule has 6 nitrogen and oxygen atoms in total. The lowest BCUT2D eigenvalue weighted by Gasteiger charge is -2.34. The van der Waals surface area contributed by atoms with Crippen molar-refractivity contribution in [1.82, 2.24) is 15.3 Å². The number of piperidine rings is 1. The van der Waals surface area contributed by atoms with Crippen LogP contribution in [0.1, 0.15) is 41.7 Å². The summed E-state index contributed by atoms with van der Waals surface area (Å²) >= 11 is 0. The van der Waals surface area contributed by atoms with E-state index in [0.717, 1.165) is 42.3 Å². The van der Waals surface area contributed by atoms with E-state index >= 15 is 0 Å². The van der Waals surface area contributed by atoms with Gasteiger partial charge in [0.2, 0.25) is 5.95 Å². The van der Waals surface area contributed by atoms with Crippen molar-refractivity contribution >= 4 is 28.4 Å². The number of nitrogens with one attached hydrogen (secondary N) is 2. The van der Waals surface area contributed by atoms with Crippen LogP contribution in [0.4, 0.5) is 11.8 Å². The molecule has 2 heterocycles. The van der Waals surface area contributed by atoms with Gasteiger partial charge in [-0.2, -0.15) is 4.98 Å². The molecule has 1 aromatic heterocycles. The Bertz CT molecular complexity index is 1270. The fraction of sp³-hybridized carbons (Fsp3) is 0.250. The summed E-state index contributed by atoms with van der Waals surface area (Å²) in [6.07, 6.45) is 3.49. The maximum Gasteiger partial charge on any atom is 0.259 e. The second kappa shape index (κ2) is 10.0. The molecule has 0 bridgehead atoms. The Hall–Kier alpha value is -3.77. The molecular weight excluding hydrogens is 422 g/mol. The van der Waals surface area contributed by atoms with Crippen LogP contribution in [0.5, 0.6) is 0 Å². The molecule has 172 valence electrons. The van der Waals surface area contributed by atoms with E-state index in [1.165, 1.54) is 0 Å². The van der Waals surface area contributed by atoms with Crippen molar-refractivity contribution < 1.29 is 4.79 Å². The maximum absolute atomic E-state index is 13.9. The van der Waals surface area contributed by atoms with Gasteiger partial charge in [-0.1, -0.05) is 60.7 Å². The van der Waals surface area contributed by atoms with E-state index in [4.69, 9.17) is 4.98 Å². The quantitative estimate of drug-likeness (QED) is 0.422. The van der Waals surface area contributed by atoms with Crippen molar-refractivity contribution in [1.29, 1.82) is 0 Å². The monoisotopic (exact) mass is 451 g/mol. The maximum atomic E-state index is 13.9. The lowest BCUT2D eigenvalue weighted by Crippen LogP contribution is -2.47. The molecule has 1 aliphatic rings. The summed E-state index contributed by atoms with van der Waals surface area (Å²) in [6.45, 7) is 3.84. The predicted octanol–water partition coefficient (Wildman–Crippen LogP) is 5.20. The van der Waals surface area contributed by atoms with Crippen LogP contribution in [0.2, 0.25) is 0 Å². The molecule has 0 unspecified atom stereocenters. The average Bonchev–Trinajstić information content (AvgIpc) is 2.90. The Balaban J connectivity index is 1.47. The van der Waals surface area contributed by atoms with Crippen LogP contribution in [0, 0.1) is 0 Å². The Morgan fingerprint density at radius 3 is 2.50 bits per heavy atom. The number of benzene rings is 3. The molecule has 2 N–H and O–H groups in total. The third-order valence-electron chi connectivity index (χ3n) is 6.42. The summed E-state index contributed by atoms with van der Waals surface area (Å²) in [5.41, 5.74) is 1.82. The Labute approximate surface area is 200 Å². The third kappa shape index (κ3) is 4.77. The van der Waals surface area contributed by atoms with Crippen LogP contribution < -0.4 is 15.5 Å². The number of hydrogen-bond donors (Lipinski definition) is 2. The second-order valence-corrected chi connectivity index (χ2v) is 8.73. The topological polar surface area (TPSA) is 70.2 Å². The molecule has 5 rings (SSSR count). The van der Waals surface area contributed by atoms with Crippen molar-refractivity contribution in [2.45, 2.75) is 31.8 Å². The molecule has 0 saturated carbocycles. The number of fused-ring (bicyclic) bond motifs is 1. The van der Waals surface area contributed by atoms with Gasteiger partial charge in [0.1, 0.15) is 5.82 Å². The number of hydrogen-bond acceptors (Lipinski definition) is 5. The van der Waals surface area contributed by atoms with Gasteiger partial charge in [-0.15, -0.1) is 0 Å². The molecular formula is C28H29N5O. The minimum atomic E-state index is -0.0292. The number of anilines is 2. The van der Waals surface area contributed by atoms with Gasteiger partial charge in [-0.05, 0) is 67.4 Å². The number of nitrogens with zero attached hydrogens (tertiary/aromatic N) is 3. The first-order chi connectivity index (χ1) is 16.7. The number of amides is 1. The van der Waals surface area contributed by atoms with E-state index in [2.05, 4.69) is 40.7 Å². The van der Waals surface area contributed by atoms with E-state index in [0.29, 0.717) is 17.3 Å². The third-order valence-corrected chi connectivity index (χ3v) is 6.42. The highest BCUT2D eigenvalue weighted by Gasteiger charge is 2.29. The molecule has 4 aromatic rings. The number of rotatable bonds is 6. The summed E-state index contributed by atoms with van der Waals surface area (Å²) in [5, 5.41) is 8.96. The lowest BCUT2D eigenvalue weighted by atomic mass is 10.0. The van der Waals surface area contributed by atoms with E-state index in [-0.39, 0.29) is 18.0 Å². The average molecular weight is 452 g/mol. The molecule has 34 heavy (non-hydrogen) atoms. The highest BCUT2D eigenvalue weighted by Crippen LogP contribution is 2.26. The minimum Gasteiger partial charge on any atom is -0.348 e. The van der Waals surface area contributed by atoms with Gasteiger partial charge >= 0.3 is 0 Å². The molecule has 0 spiro atoms. The summed E-state index contributed by atoms with van der Waals surface area (Å²) < 4.78 is 0. The first-order valence-corrected chi connectivity index (χ1v) is 11.9. The highest BCUT2D eigenvalue weighted by molar-refractivity contribution is 6.08. The van der Waals surface area contributed by atoms with E-state index in [1.54, 1.807) is 6.20 Å². The Kier molecular flexibility index (Phi) is 6.49. The summed E-state index contributed by atoms with van der Waals surface area (Å²) in [6, 6.07) is 26.2. The van der Waals surface area contributed by atoms with E-state index in [9.17, 15) is 4.79 Å². The molecule has 3 aromatic carbocycles. The van der Waals surface area contributed by atoms with Gasteiger partial charge in [0.25, 0.3) is 5.91 Å². The smallest absolute Gasteiger partial charge is 0.259 e. The van der Waals surface area contributed by atoms with Crippen LogP contribution >= 0.6 is 0 Å². The van der Waals surface area contributed by atoms with Gasteiger partial charge in [0.15, 0.2) is 0 Å². The highest BCUT2D eigenvalue weighted by atomic mass is 16.2. The summed E-state index contributed by atoms with van der Waals surface area (Å²) in [7, 11) is 0. The second-order valence-electron chi connectivity index (χ2n) is 8.73. The van der Waals surface area contributed by atoms with Crippen LogP contribution in [0.15, 0.2) is 85.1 Å². The standard InChI is InChI=1S/C28H29N5O/c1-20(21-7-3-2-4-8-21)31-28-30-18-15-26(32-28)33(25-13-16-29-17-14-25)27(34)24-12-11-22-9-5-6-10-23(22)19-24/h2-12,15,18-20,25,29H,13-14,16-17H2,1H3,(H,30,31,32)/t20-/m1/s1. The largest absolute Gasteiger partial charge is 0.348 e. The number of aromatic nitrogens is 2. The van der Waals surface area contributed by atoms with Gasteiger partial charge in [-0.3, -0.25) is 9.69 Å². The fourth-order valence-corrected chi connectivity index (χ4v) is 4.55. The first-order valence-electron chi connectivity index (χ1n) is 11.9. The molecule has 0 radical (unpaired) electrons. The SMILES string of the molecule is C[C@@H](Nc1nccc(N(C(=O)c2ccc3ccccc3c2)C2CCNCC2)n1)c1ccccc1. The molecule has 1 saturated heterocycles. The van der Waals surface area contributed by atoms with Crippen molar-refractivity contribution in [3.05, 3.63) is 96.2 Å². The van der Waals surface area contributed by atoms with Crippen molar-refractivity contribution in [2.75, 3.05) is 23.3 Å². The van der Waals surface area contributed by atoms with Crippen molar-refractivity contribution in [3.8, 4) is 0 Å². The minimum absolute atomic E-state index is 0.0292. The first kappa shape index (κ1) is 22.0. The van der Waals surface area contributed by atoms with Crippen LogP contribution in [-0.2, 0) is 0 Å². The molecule has 6 heteroatoms. The molecule has 1 fully saturated rings. The zero-order valence-electron chi connectivity index (χ0n) is 19.3. The zero-order valence-corrected chi connectivity index (χ0v) is 19.3. The normalized spacial score (nSPS) is 15.1. The zero-order chi connectivity index (χ0) is 23.3. The molecule has 1 aliphatic heterocycles. The van der Waals surface area contributed by atoms with Crippen molar-refractivity contribution in [2.24, 2.45) is 0 Å². The summed E-state index contributed by atoms with van der Waals surface area (Å²) in [4.78, 5) is 25.0. The van der Waals surface area contributed by atoms with E-state index < -0.39 is 0 Å². The molecule has 1 atom stereocenters. The van der Waals surface area contributed by atoms with Crippen LogP contribution in [-0.4, -0.2) is 35.0 Å². The van der Waals surface area contributed by atoms with Gasteiger partial charge in [0.05, 0.1) is 6.04 Å². The molecule has 1 amide bonds. The Morgan fingerprint density at radius 2 is 1.71 bits per heavy atom. The van der Waals surface area contributed by atoms with Crippen LogP contribution in [0.3, 0.4) is 0 Å². The van der Waals surface area contributed by atoms with Gasteiger partial charge < -0.3 is 10.6 Å². The number of carbonyl (C=O) groups is 1.